The number of benzene rings is 1. The average molecular weight is 373 g/mol. The highest BCUT2D eigenvalue weighted by Crippen LogP contribution is 2.30. The fourth-order valence-corrected chi connectivity index (χ4v) is 4.54. The van der Waals surface area contributed by atoms with Crippen molar-refractivity contribution >= 4 is 11.8 Å². The summed E-state index contributed by atoms with van der Waals surface area (Å²) in [6.07, 6.45) is 6.56. The molecule has 2 aliphatic rings. The lowest BCUT2D eigenvalue weighted by Crippen LogP contribution is -2.50. The van der Waals surface area contributed by atoms with Crippen molar-refractivity contribution in [3.63, 3.8) is 0 Å². The molecule has 0 aliphatic carbocycles. The van der Waals surface area contributed by atoms with Crippen LogP contribution in [-0.4, -0.2) is 53.4 Å². The molecule has 2 amide bonds. The zero-order chi connectivity index (χ0) is 19.2. The minimum atomic E-state index is 0.143. The highest BCUT2D eigenvalue weighted by Gasteiger charge is 2.40. The SMILES string of the molecule is CCOc1ccc(CCC(=O)N2CCCCC[C@@H]3[C@@H]2CCN3C(C)=O)cc1. The van der Waals surface area contributed by atoms with Crippen LogP contribution in [0.5, 0.6) is 5.75 Å². The van der Waals surface area contributed by atoms with E-state index in [1.165, 1.54) is 0 Å². The Labute approximate surface area is 162 Å². The maximum atomic E-state index is 13.0. The average Bonchev–Trinajstić information content (AvgIpc) is 3.04. The van der Waals surface area contributed by atoms with E-state index in [1.54, 1.807) is 6.92 Å². The molecule has 2 saturated heterocycles. The number of ether oxygens (including phenoxy) is 1. The van der Waals surface area contributed by atoms with Crippen molar-refractivity contribution in [3.8, 4) is 5.75 Å². The lowest BCUT2D eigenvalue weighted by Gasteiger charge is -2.37. The monoisotopic (exact) mass is 372 g/mol. The maximum Gasteiger partial charge on any atom is 0.223 e. The fourth-order valence-electron chi connectivity index (χ4n) is 4.54. The van der Waals surface area contributed by atoms with Crippen molar-refractivity contribution in [2.24, 2.45) is 0 Å². The van der Waals surface area contributed by atoms with E-state index in [4.69, 9.17) is 4.74 Å². The molecule has 2 atom stereocenters. The minimum absolute atomic E-state index is 0.143. The van der Waals surface area contributed by atoms with Crippen LogP contribution < -0.4 is 4.74 Å². The molecular weight excluding hydrogens is 340 g/mol. The summed E-state index contributed by atoms with van der Waals surface area (Å²) in [5.41, 5.74) is 1.16. The molecule has 2 fully saturated rings. The number of nitrogens with zero attached hydrogens (tertiary/aromatic N) is 2. The molecule has 5 nitrogen and oxygen atoms in total. The summed E-state index contributed by atoms with van der Waals surface area (Å²) < 4.78 is 5.48. The summed E-state index contributed by atoms with van der Waals surface area (Å²) in [6.45, 7) is 5.90. The Morgan fingerprint density at radius 3 is 2.44 bits per heavy atom. The van der Waals surface area contributed by atoms with Crippen molar-refractivity contribution in [2.75, 3.05) is 19.7 Å². The number of amides is 2. The summed E-state index contributed by atoms with van der Waals surface area (Å²) >= 11 is 0. The lowest BCUT2D eigenvalue weighted by atomic mass is 9.96. The molecule has 1 aromatic carbocycles. The molecule has 0 radical (unpaired) electrons. The molecule has 0 bridgehead atoms. The van der Waals surface area contributed by atoms with Crippen LogP contribution >= 0.6 is 0 Å². The van der Waals surface area contributed by atoms with Gasteiger partial charge >= 0.3 is 0 Å². The van der Waals surface area contributed by atoms with Gasteiger partial charge in [0.05, 0.1) is 18.7 Å². The van der Waals surface area contributed by atoms with Crippen LogP contribution in [0.15, 0.2) is 24.3 Å². The molecule has 0 spiro atoms. The second-order valence-corrected chi connectivity index (χ2v) is 7.65. The second-order valence-electron chi connectivity index (χ2n) is 7.65. The molecule has 2 heterocycles. The van der Waals surface area contributed by atoms with Gasteiger partial charge in [0.25, 0.3) is 0 Å². The predicted octanol–water partition coefficient (Wildman–Crippen LogP) is 3.41. The van der Waals surface area contributed by atoms with E-state index in [0.29, 0.717) is 13.0 Å². The van der Waals surface area contributed by atoms with E-state index in [1.807, 2.05) is 36.1 Å². The van der Waals surface area contributed by atoms with Gasteiger partial charge < -0.3 is 14.5 Å². The third-order valence-corrected chi connectivity index (χ3v) is 5.90. The number of carbonyl (C=O) groups is 2. The van der Waals surface area contributed by atoms with Gasteiger partial charge in [-0.2, -0.15) is 0 Å². The van der Waals surface area contributed by atoms with Crippen molar-refractivity contribution < 1.29 is 14.3 Å². The molecule has 0 N–H and O–H groups in total. The Balaban J connectivity index is 1.62. The maximum absolute atomic E-state index is 13.0. The predicted molar refractivity (Wildman–Crippen MR) is 106 cm³/mol. The van der Waals surface area contributed by atoms with Gasteiger partial charge in [-0.1, -0.05) is 25.0 Å². The number of rotatable bonds is 5. The highest BCUT2D eigenvalue weighted by atomic mass is 16.5. The number of likely N-dealkylation sites (tertiary alicyclic amines) is 2. The first-order valence-corrected chi connectivity index (χ1v) is 10.4. The summed E-state index contributed by atoms with van der Waals surface area (Å²) in [4.78, 5) is 29.1. The summed E-state index contributed by atoms with van der Waals surface area (Å²) in [5, 5.41) is 0. The molecular formula is C22H32N2O3. The van der Waals surface area contributed by atoms with Gasteiger partial charge in [-0.3, -0.25) is 9.59 Å². The number of fused-ring (bicyclic) bond motifs is 1. The fraction of sp³-hybridized carbons (Fsp3) is 0.636. The molecule has 0 saturated carbocycles. The number of carbonyl (C=O) groups excluding carboxylic acids is 2. The summed E-state index contributed by atoms with van der Waals surface area (Å²) in [6, 6.07) is 8.43. The van der Waals surface area contributed by atoms with Crippen LogP contribution in [0.25, 0.3) is 0 Å². The van der Waals surface area contributed by atoms with Crippen LogP contribution in [0.4, 0.5) is 0 Å². The number of aryl methyl sites for hydroxylation is 1. The lowest BCUT2D eigenvalue weighted by molar-refractivity contribution is -0.137. The highest BCUT2D eigenvalue weighted by molar-refractivity contribution is 5.78. The van der Waals surface area contributed by atoms with Gasteiger partial charge in [0.2, 0.25) is 11.8 Å². The second kappa shape index (κ2) is 9.25. The van der Waals surface area contributed by atoms with E-state index in [0.717, 1.165) is 62.9 Å². The third-order valence-electron chi connectivity index (χ3n) is 5.90. The Morgan fingerprint density at radius 2 is 1.74 bits per heavy atom. The molecule has 0 aromatic heterocycles. The van der Waals surface area contributed by atoms with E-state index < -0.39 is 0 Å². The van der Waals surface area contributed by atoms with Crippen LogP contribution in [0.3, 0.4) is 0 Å². The molecule has 2 aliphatic heterocycles. The minimum Gasteiger partial charge on any atom is -0.494 e. The molecule has 27 heavy (non-hydrogen) atoms. The van der Waals surface area contributed by atoms with Crippen molar-refractivity contribution in [1.29, 1.82) is 0 Å². The Kier molecular flexibility index (Phi) is 6.75. The van der Waals surface area contributed by atoms with E-state index in [-0.39, 0.29) is 23.9 Å². The van der Waals surface area contributed by atoms with Gasteiger partial charge in [-0.25, -0.2) is 0 Å². The Morgan fingerprint density at radius 1 is 1.00 bits per heavy atom. The molecule has 1 aromatic rings. The molecule has 148 valence electrons. The van der Waals surface area contributed by atoms with Gasteiger partial charge in [0.1, 0.15) is 5.75 Å². The quantitative estimate of drug-likeness (QED) is 0.796. The van der Waals surface area contributed by atoms with Gasteiger partial charge in [-0.15, -0.1) is 0 Å². The van der Waals surface area contributed by atoms with Gasteiger partial charge in [-0.05, 0) is 50.3 Å². The van der Waals surface area contributed by atoms with Crippen LogP contribution in [0.2, 0.25) is 0 Å². The zero-order valence-corrected chi connectivity index (χ0v) is 16.7. The van der Waals surface area contributed by atoms with E-state index in [2.05, 4.69) is 4.90 Å². The largest absolute Gasteiger partial charge is 0.494 e. The van der Waals surface area contributed by atoms with E-state index in [9.17, 15) is 9.59 Å². The third kappa shape index (κ3) is 4.82. The summed E-state index contributed by atoms with van der Waals surface area (Å²) in [5.74, 6) is 1.24. The molecule has 3 rings (SSSR count). The van der Waals surface area contributed by atoms with Crippen molar-refractivity contribution in [3.05, 3.63) is 29.8 Å². The van der Waals surface area contributed by atoms with Crippen molar-refractivity contribution in [1.82, 2.24) is 9.80 Å². The van der Waals surface area contributed by atoms with Crippen LogP contribution in [-0.2, 0) is 16.0 Å². The van der Waals surface area contributed by atoms with Crippen molar-refractivity contribution in [2.45, 2.75) is 70.9 Å². The van der Waals surface area contributed by atoms with Crippen LogP contribution in [0, 0.1) is 0 Å². The topological polar surface area (TPSA) is 49.9 Å². The first kappa shape index (κ1) is 19.7. The Bertz CT molecular complexity index is 643. The standard InChI is InChI=1S/C22H32N2O3/c1-3-27-19-11-8-18(9-12-19)10-13-22(26)24-15-6-4-5-7-20-21(24)14-16-23(20)17(2)25/h8-9,11-12,20-21H,3-7,10,13-16H2,1-2H3/t20-,21+/m1/s1. The molecule has 5 heteroatoms. The first-order chi connectivity index (χ1) is 13.1. The number of hydrogen-bond donors (Lipinski definition) is 0. The summed E-state index contributed by atoms with van der Waals surface area (Å²) in [7, 11) is 0. The van der Waals surface area contributed by atoms with Crippen LogP contribution in [0.1, 0.15) is 57.9 Å². The van der Waals surface area contributed by atoms with Gasteiger partial charge in [0, 0.05) is 26.4 Å². The Hall–Kier alpha value is -2.04. The van der Waals surface area contributed by atoms with Gasteiger partial charge in [0.15, 0.2) is 0 Å². The number of hydrogen-bond acceptors (Lipinski definition) is 3. The molecule has 0 unspecified atom stereocenters. The smallest absolute Gasteiger partial charge is 0.223 e. The van der Waals surface area contributed by atoms with E-state index >= 15 is 0 Å². The first-order valence-electron chi connectivity index (χ1n) is 10.4. The zero-order valence-electron chi connectivity index (χ0n) is 16.7. The normalized spacial score (nSPS) is 22.7.